The minimum absolute atomic E-state index is 0.206. The summed E-state index contributed by atoms with van der Waals surface area (Å²) in [5.74, 6) is -0.806. The lowest BCUT2D eigenvalue weighted by molar-refractivity contribution is -0.138. The Bertz CT molecular complexity index is 115. The Morgan fingerprint density at radius 2 is 1.89 bits per heavy atom. The van der Waals surface area contributed by atoms with Crippen molar-refractivity contribution in [1.29, 1.82) is 0 Å². The number of carboxylic acid groups (broad SMARTS) is 1. The van der Waals surface area contributed by atoms with Gasteiger partial charge in [0.15, 0.2) is 0 Å². The van der Waals surface area contributed by atoms with Crippen LogP contribution in [0.15, 0.2) is 0 Å². The van der Waals surface area contributed by atoms with E-state index in [4.69, 9.17) is 5.11 Å². The molecule has 0 rings (SSSR count). The highest BCUT2D eigenvalue weighted by Gasteiger charge is 2.25. The van der Waals surface area contributed by atoms with Crippen LogP contribution >= 0.6 is 0 Å². The average molecular weight is 143 g/mol. The van der Waals surface area contributed by atoms with Crippen LogP contribution in [0, 0.1) is 5.41 Å². The molecule has 9 heavy (non-hydrogen) atoms. The number of hydrogen-bond donors (Lipinski definition) is 1. The Balaban J connectivity index is 4.04. The predicted molar refractivity (Wildman–Crippen MR) is 36.6 cm³/mol. The molecule has 0 bridgehead atoms. The molecule has 0 spiro atoms. The maximum atomic E-state index is 10.3. The van der Waals surface area contributed by atoms with Gasteiger partial charge in [0.05, 0.1) is 0 Å². The SMILES string of the molecule is CC(C)(C)C([Si])C(=O)O. The zero-order chi connectivity index (χ0) is 7.65. The van der Waals surface area contributed by atoms with Gasteiger partial charge in [-0.25, -0.2) is 0 Å². The summed E-state index contributed by atoms with van der Waals surface area (Å²) in [5.41, 5.74) is -0.666. The van der Waals surface area contributed by atoms with Crippen LogP contribution in [0.1, 0.15) is 20.8 Å². The molecule has 1 N–H and O–H groups in total. The average Bonchev–Trinajstić information content (AvgIpc) is 1.62. The maximum Gasteiger partial charge on any atom is 0.303 e. The molecule has 0 aliphatic carbocycles. The van der Waals surface area contributed by atoms with Gasteiger partial charge < -0.3 is 5.11 Å². The summed E-state index contributed by atoms with van der Waals surface area (Å²) in [5, 5.41) is 8.47. The third-order valence-corrected chi connectivity index (χ3v) is 2.23. The standard InChI is InChI=1S/C6H11O2Si/c1-6(2,3)4(9)5(7)8/h4H,1-3H3,(H,7,8). The van der Waals surface area contributed by atoms with Crippen LogP contribution < -0.4 is 0 Å². The minimum Gasteiger partial charge on any atom is -0.481 e. The number of aliphatic carboxylic acids is 1. The van der Waals surface area contributed by atoms with E-state index in [-0.39, 0.29) is 5.41 Å². The van der Waals surface area contributed by atoms with E-state index in [2.05, 4.69) is 10.2 Å². The molecular formula is C6H11O2Si. The fourth-order valence-electron chi connectivity index (χ4n) is 0.370. The van der Waals surface area contributed by atoms with Gasteiger partial charge in [-0.15, -0.1) is 0 Å². The molecule has 0 saturated heterocycles. The summed E-state index contributed by atoms with van der Waals surface area (Å²) in [7, 11) is 3.11. The van der Waals surface area contributed by atoms with Crippen molar-refractivity contribution in [3.8, 4) is 0 Å². The number of rotatable bonds is 1. The van der Waals surface area contributed by atoms with Gasteiger partial charge in [-0.1, -0.05) is 20.8 Å². The lowest BCUT2D eigenvalue weighted by atomic mass is 9.92. The van der Waals surface area contributed by atoms with E-state index in [0.29, 0.717) is 0 Å². The van der Waals surface area contributed by atoms with E-state index in [9.17, 15) is 4.79 Å². The Kier molecular flexibility index (Phi) is 2.43. The zero-order valence-electron chi connectivity index (χ0n) is 5.93. The van der Waals surface area contributed by atoms with Crippen molar-refractivity contribution < 1.29 is 9.90 Å². The van der Waals surface area contributed by atoms with Gasteiger partial charge in [0, 0.05) is 15.8 Å². The van der Waals surface area contributed by atoms with E-state index < -0.39 is 11.5 Å². The topological polar surface area (TPSA) is 37.3 Å². The van der Waals surface area contributed by atoms with Crippen LogP contribution in [0.4, 0.5) is 0 Å². The van der Waals surface area contributed by atoms with Crippen molar-refractivity contribution in [2.45, 2.75) is 26.3 Å². The fraction of sp³-hybridized carbons (Fsp3) is 0.833. The lowest BCUT2D eigenvalue weighted by Crippen LogP contribution is -2.22. The van der Waals surface area contributed by atoms with Crippen LogP contribution in [0.5, 0.6) is 0 Å². The third-order valence-electron chi connectivity index (χ3n) is 1.11. The summed E-state index contributed by atoms with van der Waals surface area (Å²) >= 11 is 0. The summed E-state index contributed by atoms with van der Waals surface area (Å²) in [6.45, 7) is 5.62. The molecule has 0 aromatic heterocycles. The summed E-state index contributed by atoms with van der Waals surface area (Å²) in [4.78, 5) is 10.3. The van der Waals surface area contributed by atoms with Crippen LogP contribution in [0.2, 0.25) is 5.54 Å². The third kappa shape index (κ3) is 2.65. The molecule has 0 aromatic carbocycles. The first-order valence-corrected chi connectivity index (χ1v) is 3.37. The first-order chi connectivity index (χ1) is 3.85. The van der Waals surface area contributed by atoms with Crippen LogP contribution in [0.25, 0.3) is 0 Å². The van der Waals surface area contributed by atoms with Crippen molar-refractivity contribution >= 4 is 16.2 Å². The number of hydrogen-bond acceptors (Lipinski definition) is 1. The van der Waals surface area contributed by atoms with Gasteiger partial charge in [-0.2, -0.15) is 0 Å². The molecule has 3 heteroatoms. The second-order valence-electron chi connectivity index (χ2n) is 3.14. The van der Waals surface area contributed by atoms with E-state index in [1.165, 1.54) is 0 Å². The van der Waals surface area contributed by atoms with Gasteiger partial charge in [0.25, 0.3) is 0 Å². The lowest BCUT2D eigenvalue weighted by Gasteiger charge is -2.22. The smallest absolute Gasteiger partial charge is 0.303 e. The Labute approximate surface area is 58.7 Å². The second-order valence-corrected chi connectivity index (χ2v) is 3.71. The molecule has 3 radical (unpaired) electrons. The summed E-state index contributed by atoms with van der Waals surface area (Å²) < 4.78 is 0. The molecular weight excluding hydrogens is 132 g/mol. The molecule has 0 saturated carbocycles. The van der Waals surface area contributed by atoms with Crippen molar-refractivity contribution in [2.24, 2.45) is 5.41 Å². The molecule has 0 amide bonds. The molecule has 0 aliphatic heterocycles. The number of carbonyl (C=O) groups is 1. The highest BCUT2D eigenvalue weighted by molar-refractivity contribution is 6.22. The van der Waals surface area contributed by atoms with Gasteiger partial charge in [0.1, 0.15) is 0 Å². The molecule has 1 atom stereocenters. The van der Waals surface area contributed by atoms with E-state index in [1.54, 1.807) is 0 Å². The van der Waals surface area contributed by atoms with Crippen molar-refractivity contribution in [3.63, 3.8) is 0 Å². The fourth-order valence-corrected chi connectivity index (χ4v) is 0.370. The van der Waals surface area contributed by atoms with Crippen molar-refractivity contribution in [1.82, 2.24) is 0 Å². The summed E-state index contributed by atoms with van der Waals surface area (Å²) in [6, 6.07) is 0. The van der Waals surface area contributed by atoms with E-state index in [1.807, 2.05) is 20.8 Å². The highest BCUT2D eigenvalue weighted by atomic mass is 28.1. The largest absolute Gasteiger partial charge is 0.481 e. The monoisotopic (exact) mass is 143 g/mol. The molecule has 0 fully saturated rings. The molecule has 1 unspecified atom stereocenters. The van der Waals surface area contributed by atoms with Gasteiger partial charge in [-0.05, 0) is 5.41 Å². The molecule has 0 heterocycles. The Morgan fingerprint density at radius 3 is 1.89 bits per heavy atom. The number of carboxylic acids is 1. The summed E-state index contributed by atoms with van der Waals surface area (Å²) in [6.07, 6.45) is 0. The van der Waals surface area contributed by atoms with Crippen molar-refractivity contribution in [3.05, 3.63) is 0 Å². The van der Waals surface area contributed by atoms with Crippen LogP contribution in [-0.4, -0.2) is 21.3 Å². The highest BCUT2D eigenvalue weighted by Crippen LogP contribution is 2.27. The molecule has 51 valence electrons. The second kappa shape index (κ2) is 2.52. The minimum atomic E-state index is -0.806. The van der Waals surface area contributed by atoms with E-state index in [0.717, 1.165) is 0 Å². The predicted octanol–water partition coefficient (Wildman–Crippen LogP) is 1.07. The van der Waals surface area contributed by atoms with Crippen molar-refractivity contribution in [2.75, 3.05) is 0 Å². The maximum absolute atomic E-state index is 10.3. The Hall–Kier alpha value is -0.313. The van der Waals surface area contributed by atoms with E-state index >= 15 is 0 Å². The zero-order valence-corrected chi connectivity index (χ0v) is 6.93. The molecule has 2 nitrogen and oxygen atoms in total. The first kappa shape index (κ1) is 8.69. The normalized spacial score (nSPS) is 15.1. The van der Waals surface area contributed by atoms with Gasteiger partial charge >= 0.3 is 5.97 Å². The first-order valence-electron chi connectivity index (χ1n) is 2.79. The quantitative estimate of drug-likeness (QED) is 0.558. The van der Waals surface area contributed by atoms with Gasteiger partial charge in [0.2, 0.25) is 0 Å². The Morgan fingerprint density at radius 1 is 1.56 bits per heavy atom. The van der Waals surface area contributed by atoms with Gasteiger partial charge in [-0.3, -0.25) is 4.79 Å². The molecule has 0 aromatic rings. The van der Waals surface area contributed by atoms with Crippen LogP contribution in [-0.2, 0) is 4.79 Å². The molecule has 0 aliphatic rings. The van der Waals surface area contributed by atoms with Crippen LogP contribution in [0.3, 0.4) is 0 Å².